The van der Waals surface area contributed by atoms with Gasteiger partial charge in [0.25, 0.3) is 0 Å². The molecule has 21 heavy (non-hydrogen) atoms. The maximum Gasteiger partial charge on any atom is 0.327 e. The van der Waals surface area contributed by atoms with Crippen LogP contribution in [0.15, 0.2) is 24.4 Å². The standard InChI is InChI=1S/C14H19N3O3S/c1-10-17(12(9-21-10)13(18)19)14(20)16(2)8-6-11-5-3-4-7-15-11/h3-5,7,10,12H,6,8-9H2,1-2H3,(H,18,19). The van der Waals surface area contributed by atoms with Crippen molar-refractivity contribution in [2.45, 2.75) is 24.8 Å². The molecule has 1 fully saturated rings. The number of urea groups is 1. The molecule has 2 amide bonds. The van der Waals surface area contributed by atoms with E-state index in [1.165, 1.54) is 16.7 Å². The number of nitrogens with zero attached hydrogens (tertiary/aromatic N) is 3. The number of hydrogen-bond acceptors (Lipinski definition) is 4. The van der Waals surface area contributed by atoms with E-state index in [4.69, 9.17) is 0 Å². The molecule has 0 saturated carbocycles. The number of carbonyl (C=O) groups is 2. The fraction of sp³-hybridized carbons (Fsp3) is 0.500. The Morgan fingerprint density at radius 3 is 2.90 bits per heavy atom. The third-order valence-electron chi connectivity index (χ3n) is 3.48. The van der Waals surface area contributed by atoms with Gasteiger partial charge in [-0.05, 0) is 19.1 Å². The molecule has 0 bridgehead atoms. The van der Waals surface area contributed by atoms with Gasteiger partial charge >= 0.3 is 12.0 Å². The predicted molar refractivity (Wildman–Crippen MR) is 81.1 cm³/mol. The molecule has 0 spiro atoms. The molecule has 1 aromatic rings. The molecule has 2 heterocycles. The van der Waals surface area contributed by atoms with Crippen LogP contribution in [0.25, 0.3) is 0 Å². The average molecular weight is 309 g/mol. The summed E-state index contributed by atoms with van der Waals surface area (Å²) >= 11 is 1.49. The molecule has 1 aliphatic rings. The molecule has 2 unspecified atom stereocenters. The first-order valence-electron chi connectivity index (χ1n) is 6.78. The van der Waals surface area contributed by atoms with Crippen molar-refractivity contribution in [3.8, 4) is 0 Å². The van der Waals surface area contributed by atoms with E-state index in [2.05, 4.69) is 4.98 Å². The van der Waals surface area contributed by atoms with E-state index in [1.807, 2.05) is 25.1 Å². The number of likely N-dealkylation sites (N-methyl/N-ethyl adjacent to an activating group) is 1. The fourth-order valence-electron chi connectivity index (χ4n) is 2.24. The molecule has 0 radical (unpaired) electrons. The quantitative estimate of drug-likeness (QED) is 0.913. The summed E-state index contributed by atoms with van der Waals surface area (Å²) in [5, 5.41) is 9.09. The lowest BCUT2D eigenvalue weighted by molar-refractivity contribution is -0.141. The first-order chi connectivity index (χ1) is 10.0. The molecule has 2 rings (SSSR count). The highest BCUT2D eigenvalue weighted by molar-refractivity contribution is 8.00. The first kappa shape index (κ1) is 15.6. The lowest BCUT2D eigenvalue weighted by atomic mass is 10.2. The summed E-state index contributed by atoms with van der Waals surface area (Å²) < 4.78 is 0. The molecule has 1 aliphatic heterocycles. The Morgan fingerprint density at radius 1 is 1.52 bits per heavy atom. The molecule has 2 atom stereocenters. The van der Waals surface area contributed by atoms with E-state index in [9.17, 15) is 14.7 Å². The zero-order chi connectivity index (χ0) is 15.4. The normalized spacial score (nSPS) is 21.3. The zero-order valence-corrected chi connectivity index (χ0v) is 12.9. The summed E-state index contributed by atoms with van der Waals surface area (Å²) in [6, 6.07) is 4.68. The van der Waals surface area contributed by atoms with Crippen LogP contribution in [-0.2, 0) is 11.2 Å². The minimum atomic E-state index is -0.946. The van der Waals surface area contributed by atoms with Crippen molar-refractivity contribution in [2.24, 2.45) is 0 Å². The van der Waals surface area contributed by atoms with Gasteiger partial charge in [-0.2, -0.15) is 0 Å². The topological polar surface area (TPSA) is 73.7 Å². The average Bonchev–Trinajstić information content (AvgIpc) is 2.87. The number of carboxylic acid groups (broad SMARTS) is 1. The van der Waals surface area contributed by atoms with E-state index >= 15 is 0 Å². The second kappa shape index (κ2) is 6.80. The van der Waals surface area contributed by atoms with Gasteiger partial charge in [0.2, 0.25) is 0 Å². The minimum absolute atomic E-state index is 0.115. The molecular formula is C14H19N3O3S. The molecule has 6 nitrogen and oxygen atoms in total. The largest absolute Gasteiger partial charge is 0.480 e. The molecule has 0 aliphatic carbocycles. The highest BCUT2D eigenvalue weighted by Gasteiger charge is 2.40. The van der Waals surface area contributed by atoms with Gasteiger partial charge in [-0.15, -0.1) is 11.8 Å². The van der Waals surface area contributed by atoms with Crippen LogP contribution in [-0.4, -0.2) is 62.7 Å². The maximum atomic E-state index is 12.4. The number of carboxylic acids is 1. The Hall–Kier alpha value is -1.76. The van der Waals surface area contributed by atoms with Crippen molar-refractivity contribution in [1.29, 1.82) is 0 Å². The fourth-order valence-corrected chi connectivity index (χ4v) is 3.41. The number of amides is 2. The number of aliphatic carboxylic acids is 1. The van der Waals surface area contributed by atoms with Gasteiger partial charge in [0.05, 0.1) is 5.37 Å². The van der Waals surface area contributed by atoms with E-state index in [0.717, 1.165) is 5.69 Å². The summed E-state index contributed by atoms with van der Waals surface area (Å²) in [6.07, 6.45) is 2.37. The number of thioether (sulfide) groups is 1. The number of hydrogen-bond donors (Lipinski definition) is 1. The van der Waals surface area contributed by atoms with Crippen LogP contribution in [0.3, 0.4) is 0 Å². The van der Waals surface area contributed by atoms with Crippen molar-refractivity contribution in [1.82, 2.24) is 14.8 Å². The van der Waals surface area contributed by atoms with Gasteiger partial charge < -0.3 is 10.0 Å². The predicted octanol–water partition coefficient (Wildman–Crippen LogP) is 1.52. The third-order valence-corrected chi connectivity index (χ3v) is 4.70. The van der Waals surface area contributed by atoms with Crippen molar-refractivity contribution < 1.29 is 14.7 Å². The minimum Gasteiger partial charge on any atom is -0.480 e. The van der Waals surface area contributed by atoms with Crippen LogP contribution >= 0.6 is 11.8 Å². The number of carbonyl (C=O) groups excluding carboxylic acids is 1. The highest BCUT2D eigenvalue weighted by atomic mass is 32.2. The van der Waals surface area contributed by atoms with Crippen LogP contribution < -0.4 is 0 Å². The first-order valence-corrected chi connectivity index (χ1v) is 7.83. The van der Waals surface area contributed by atoms with Crippen LogP contribution in [0.5, 0.6) is 0 Å². The van der Waals surface area contributed by atoms with Crippen LogP contribution in [0.2, 0.25) is 0 Å². The summed E-state index contributed by atoms with van der Waals surface area (Å²) in [5.74, 6) is -0.505. The van der Waals surface area contributed by atoms with Crippen LogP contribution in [0, 0.1) is 0 Å². The molecule has 114 valence electrons. The van der Waals surface area contributed by atoms with Gasteiger partial charge in [0.1, 0.15) is 6.04 Å². The lowest BCUT2D eigenvalue weighted by Crippen LogP contribution is -2.50. The smallest absolute Gasteiger partial charge is 0.327 e. The number of pyridine rings is 1. The zero-order valence-electron chi connectivity index (χ0n) is 12.1. The Labute approximate surface area is 128 Å². The van der Waals surface area contributed by atoms with Crippen LogP contribution in [0.1, 0.15) is 12.6 Å². The number of rotatable bonds is 4. The van der Waals surface area contributed by atoms with Gasteiger partial charge in [0, 0.05) is 37.7 Å². The molecule has 7 heteroatoms. The van der Waals surface area contributed by atoms with Crippen molar-refractivity contribution in [2.75, 3.05) is 19.3 Å². The second-order valence-electron chi connectivity index (χ2n) is 4.97. The van der Waals surface area contributed by atoms with E-state index in [1.54, 1.807) is 18.1 Å². The van der Waals surface area contributed by atoms with Crippen LogP contribution in [0.4, 0.5) is 4.79 Å². The summed E-state index contributed by atoms with van der Waals surface area (Å²) in [4.78, 5) is 30.9. The van der Waals surface area contributed by atoms with Gasteiger partial charge in [-0.1, -0.05) is 6.07 Å². The Balaban J connectivity index is 1.96. The Kier molecular flexibility index (Phi) is 5.06. The van der Waals surface area contributed by atoms with E-state index in [-0.39, 0.29) is 11.4 Å². The Bertz CT molecular complexity index is 511. The Morgan fingerprint density at radius 2 is 2.29 bits per heavy atom. The highest BCUT2D eigenvalue weighted by Crippen LogP contribution is 2.29. The second-order valence-corrected chi connectivity index (χ2v) is 6.32. The third kappa shape index (κ3) is 3.66. The SMILES string of the molecule is CC1SCC(C(=O)O)N1C(=O)N(C)CCc1ccccn1. The molecule has 1 aromatic heterocycles. The molecule has 1 N–H and O–H groups in total. The van der Waals surface area contributed by atoms with Gasteiger partial charge in [-0.3, -0.25) is 9.88 Å². The van der Waals surface area contributed by atoms with Gasteiger partial charge in [-0.25, -0.2) is 9.59 Å². The van der Waals surface area contributed by atoms with Gasteiger partial charge in [0.15, 0.2) is 0 Å². The van der Waals surface area contributed by atoms with E-state index in [0.29, 0.717) is 18.7 Å². The monoisotopic (exact) mass is 309 g/mol. The molecule has 0 aromatic carbocycles. The molecule has 1 saturated heterocycles. The maximum absolute atomic E-state index is 12.4. The lowest BCUT2D eigenvalue weighted by Gasteiger charge is -2.30. The summed E-state index contributed by atoms with van der Waals surface area (Å²) in [5.41, 5.74) is 0.913. The van der Waals surface area contributed by atoms with E-state index < -0.39 is 12.0 Å². The molecular weight excluding hydrogens is 290 g/mol. The summed E-state index contributed by atoms with van der Waals surface area (Å²) in [7, 11) is 1.69. The van der Waals surface area contributed by atoms with Crippen molar-refractivity contribution in [3.05, 3.63) is 30.1 Å². The number of aromatic nitrogens is 1. The van der Waals surface area contributed by atoms with Crippen molar-refractivity contribution >= 4 is 23.8 Å². The van der Waals surface area contributed by atoms with Crippen molar-refractivity contribution in [3.63, 3.8) is 0 Å². The summed E-state index contributed by atoms with van der Waals surface area (Å²) in [6.45, 7) is 2.37.